The molecule has 0 aliphatic carbocycles. The molecule has 9 nitrogen and oxygen atoms in total. The number of aliphatic imine (C=N–C) groups is 1. The Morgan fingerprint density at radius 1 is 1.09 bits per heavy atom. The SMILES string of the molecule is CCNC(=NCc1cccc(NC(=O)N2CCCC2)c1)NCc1nnc2ccccn12.I. The lowest BCUT2D eigenvalue weighted by molar-refractivity contribution is 0.222. The van der Waals surface area contributed by atoms with E-state index in [0.717, 1.165) is 55.2 Å². The van der Waals surface area contributed by atoms with Gasteiger partial charge < -0.3 is 20.9 Å². The second-order valence-electron chi connectivity index (χ2n) is 7.42. The molecule has 1 saturated heterocycles. The monoisotopic (exact) mass is 548 g/mol. The van der Waals surface area contributed by atoms with E-state index in [1.165, 1.54) is 0 Å². The van der Waals surface area contributed by atoms with Gasteiger partial charge in [-0.1, -0.05) is 18.2 Å². The molecule has 0 saturated carbocycles. The highest BCUT2D eigenvalue weighted by Crippen LogP contribution is 2.14. The van der Waals surface area contributed by atoms with Crippen molar-refractivity contribution in [1.82, 2.24) is 30.1 Å². The topological polar surface area (TPSA) is 99.0 Å². The largest absolute Gasteiger partial charge is 0.357 e. The van der Waals surface area contributed by atoms with Crippen LogP contribution in [0, 0.1) is 0 Å². The number of carbonyl (C=O) groups is 1. The number of pyridine rings is 1. The number of hydrogen-bond donors (Lipinski definition) is 3. The Morgan fingerprint density at radius 3 is 2.75 bits per heavy atom. The molecule has 4 rings (SSSR count). The van der Waals surface area contributed by atoms with Gasteiger partial charge in [0.05, 0.1) is 13.1 Å². The van der Waals surface area contributed by atoms with Gasteiger partial charge in [-0.2, -0.15) is 0 Å². The van der Waals surface area contributed by atoms with Crippen LogP contribution in [-0.4, -0.2) is 51.1 Å². The zero-order valence-corrected chi connectivity index (χ0v) is 20.5. The minimum absolute atomic E-state index is 0. The van der Waals surface area contributed by atoms with E-state index in [0.29, 0.717) is 19.0 Å². The van der Waals surface area contributed by atoms with E-state index in [2.05, 4.69) is 31.1 Å². The number of halogens is 1. The highest BCUT2D eigenvalue weighted by Gasteiger charge is 2.17. The van der Waals surface area contributed by atoms with Gasteiger partial charge in [0.25, 0.3) is 0 Å². The molecule has 0 unspecified atom stereocenters. The summed E-state index contributed by atoms with van der Waals surface area (Å²) >= 11 is 0. The second-order valence-corrected chi connectivity index (χ2v) is 7.42. The summed E-state index contributed by atoms with van der Waals surface area (Å²) < 4.78 is 1.95. The van der Waals surface area contributed by atoms with Gasteiger partial charge in [0, 0.05) is 31.5 Å². The summed E-state index contributed by atoms with van der Waals surface area (Å²) in [5.74, 6) is 1.51. The molecule has 32 heavy (non-hydrogen) atoms. The van der Waals surface area contributed by atoms with E-state index in [9.17, 15) is 4.79 Å². The number of likely N-dealkylation sites (tertiary alicyclic amines) is 1. The maximum absolute atomic E-state index is 12.3. The minimum Gasteiger partial charge on any atom is -0.357 e. The van der Waals surface area contributed by atoms with Crippen LogP contribution in [-0.2, 0) is 13.1 Å². The Kier molecular flexibility index (Phi) is 8.65. The molecule has 1 fully saturated rings. The Balaban J connectivity index is 0.00000289. The number of nitrogens with one attached hydrogen (secondary N) is 3. The van der Waals surface area contributed by atoms with Crippen molar-refractivity contribution in [2.45, 2.75) is 32.9 Å². The Morgan fingerprint density at radius 2 is 1.94 bits per heavy atom. The first kappa shape index (κ1) is 23.8. The number of nitrogens with zero attached hydrogens (tertiary/aromatic N) is 5. The standard InChI is InChI=1S/C22H28N8O.HI/c1-2-23-21(25-16-20-28-27-19-10-3-4-13-30(19)20)24-15-17-8-7-9-18(14-17)26-22(31)29-11-5-6-12-29;/h3-4,7-10,13-14H,2,5-6,11-12,15-16H2,1H3,(H,26,31)(H2,23,24,25);1H. The van der Waals surface area contributed by atoms with Gasteiger partial charge in [-0.05, 0) is 49.6 Å². The quantitative estimate of drug-likeness (QED) is 0.250. The number of guanidine groups is 1. The highest BCUT2D eigenvalue weighted by molar-refractivity contribution is 14.0. The van der Waals surface area contributed by atoms with E-state index in [1.54, 1.807) is 0 Å². The number of rotatable bonds is 6. The maximum atomic E-state index is 12.3. The Bertz CT molecular complexity index is 1060. The molecule has 3 aromatic rings. The minimum atomic E-state index is -0.0336. The second kappa shape index (κ2) is 11.7. The van der Waals surface area contributed by atoms with Crippen molar-refractivity contribution < 1.29 is 4.79 Å². The summed E-state index contributed by atoms with van der Waals surface area (Å²) in [6.45, 7) is 5.42. The number of amides is 2. The molecule has 1 aliphatic heterocycles. The molecular formula is C22H29IN8O. The molecule has 0 bridgehead atoms. The zero-order chi connectivity index (χ0) is 21.5. The fraction of sp³-hybridized carbons (Fsp3) is 0.364. The number of fused-ring (bicyclic) bond motifs is 1. The number of benzene rings is 1. The third-order valence-electron chi connectivity index (χ3n) is 5.13. The third kappa shape index (κ3) is 6.09. The average molecular weight is 548 g/mol. The van der Waals surface area contributed by atoms with Crippen LogP contribution in [0.25, 0.3) is 5.65 Å². The Hall–Kier alpha value is -2.89. The molecule has 2 amide bonds. The van der Waals surface area contributed by atoms with Crippen LogP contribution in [0.4, 0.5) is 10.5 Å². The van der Waals surface area contributed by atoms with Crippen LogP contribution in [0.3, 0.4) is 0 Å². The number of urea groups is 1. The molecule has 3 heterocycles. The van der Waals surface area contributed by atoms with Crippen molar-refractivity contribution >= 4 is 47.3 Å². The summed E-state index contributed by atoms with van der Waals surface area (Å²) in [7, 11) is 0. The van der Waals surface area contributed by atoms with Crippen LogP contribution < -0.4 is 16.0 Å². The third-order valence-corrected chi connectivity index (χ3v) is 5.13. The lowest BCUT2D eigenvalue weighted by Crippen LogP contribution is -2.37. The van der Waals surface area contributed by atoms with Crippen LogP contribution in [0.1, 0.15) is 31.2 Å². The van der Waals surface area contributed by atoms with E-state index in [1.807, 2.05) is 64.9 Å². The summed E-state index contributed by atoms with van der Waals surface area (Å²) in [5.41, 5.74) is 2.62. The van der Waals surface area contributed by atoms with E-state index >= 15 is 0 Å². The number of anilines is 1. The van der Waals surface area contributed by atoms with Gasteiger partial charge in [0.15, 0.2) is 17.4 Å². The van der Waals surface area contributed by atoms with Crippen molar-refractivity contribution in [1.29, 1.82) is 0 Å². The van der Waals surface area contributed by atoms with Crippen LogP contribution in [0.5, 0.6) is 0 Å². The first-order valence-electron chi connectivity index (χ1n) is 10.7. The van der Waals surface area contributed by atoms with Crippen molar-refractivity contribution in [2.75, 3.05) is 25.0 Å². The van der Waals surface area contributed by atoms with Gasteiger partial charge in [-0.3, -0.25) is 4.40 Å². The first-order chi connectivity index (χ1) is 15.2. The summed E-state index contributed by atoms with van der Waals surface area (Å²) in [6, 6.07) is 13.6. The predicted molar refractivity (Wildman–Crippen MR) is 136 cm³/mol. The Labute approximate surface area is 204 Å². The van der Waals surface area contributed by atoms with E-state index < -0.39 is 0 Å². The van der Waals surface area contributed by atoms with Gasteiger partial charge in [0.1, 0.15) is 0 Å². The van der Waals surface area contributed by atoms with Crippen molar-refractivity contribution in [2.24, 2.45) is 4.99 Å². The maximum Gasteiger partial charge on any atom is 0.321 e. The smallest absolute Gasteiger partial charge is 0.321 e. The fourth-order valence-corrected chi connectivity index (χ4v) is 3.56. The highest BCUT2D eigenvalue weighted by atomic mass is 127. The molecule has 0 radical (unpaired) electrons. The predicted octanol–water partition coefficient (Wildman–Crippen LogP) is 3.23. The lowest BCUT2D eigenvalue weighted by atomic mass is 10.2. The van der Waals surface area contributed by atoms with Crippen LogP contribution in [0.2, 0.25) is 0 Å². The van der Waals surface area contributed by atoms with Crippen molar-refractivity contribution in [3.8, 4) is 0 Å². The molecule has 2 aromatic heterocycles. The molecule has 0 spiro atoms. The fourth-order valence-electron chi connectivity index (χ4n) is 3.56. The number of hydrogen-bond acceptors (Lipinski definition) is 4. The summed E-state index contributed by atoms with van der Waals surface area (Å²) in [6.07, 6.45) is 4.10. The molecular weight excluding hydrogens is 519 g/mol. The molecule has 0 atom stereocenters. The van der Waals surface area contributed by atoms with Crippen molar-refractivity contribution in [3.05, 3.63) is 60.0 Å². The number of carbonyl (C=O) groups excluding carboxylic acids is 1. The molecule has 3 N–H and O–H groups in total. The number of aromatic nitrogens is 3. The van der Waals surface area contributed by atoms with Gasteiger partial charge in [0.2, 0.25) is 0 Å². The van der Waals surface area contributed by atoms with Crippen molar-refractivity contribution in [3.63, 3.8) is 0 Å². The molecule has 1 aliphatic rings. The molecule has 10 heteroatoms. The molecule has 1 aromatic carbocycles. The zero-order valence-electron chi connectivity index (χ0n) is 18.1. The van der Waals surface area contributed by atoms with E-state index in [4.69, 9.17) is 0 Å². The average Bonchev–Trinajstić information content (AvgIpc) is 3.46. The summed E-state index contributed by atoms with van der Waals surface area (Å²) in [5, 5.41) is 18.0. The van der Waals surface area contributed by atoms with Gasteiger partial charge in [-0.15, -0.1) is 34.2 Å². The molecule has 170 valence electrons. The lowest BCUT2D eigenvalue weighted by Gasteiger charge is -2.16. The first-order valence-corrected chi connectivity index (χ1v) is 10.7. The van der Waals surface area contributed by atoms with Gasteiger partial charge in [-0.25, -0.2) is 9.79 Å². The normalized spacial score (nSPS) is 13.7. The van der Waals surface area contributed by atoms with Crippen LogP contribution in [0.15, 0.2) is 53.7 Å². The summed E-state index contributed by atoms with van der Waals surface area (Å²) in [4.78, 5) is 18.9. The van der Waals surface area contributed by atoms with Gasteiger partial charge >= 0.3 is 6.03 Å². The van der Waals surface area contributed by atoms with E-state index in [-0.39, 0.29) is 30.0 Å². The van der Waals surface area contributed by atoms with Crippen LogP contribution >= 0.6 is 24.0 Å².